The molecule has 0 amide bonds. The third-order valence-corrected chi connectivity index (χ3v) is 2.98. The van der Waals surface area contributed by atoms with Gasteiger partial charge in [-0.25, -0.2) is 0 Å². The van der Waals surface area contributed by atoms with Crippen LogP contribution in [0.2, 0.25) is 0 Å². The van der Waals surface area contributed by atoms with Gasteiger partial charge in [0.25, 0.3) is 0 Å². The maximum Gasteiger partial charge on any atom is 0.302 e. The van der Waals surface area contributed by atoms with Crippen molar-refractivity contribution in [1.82, 2.24) is 0 Å². The first-order valence-electron chi connectivity index (χ1n) is 7.85. The van der Waals surface area contributed by atoms with Crippen molar-refractivity contribution in [2.24, 2.45) is 0 Å². The van der Waals surface area contributed by atoms with E-state index in [1.807, 2.05) is 25.2 Å². The molecule has 0 aromatic heterocycles. The number of hydrogen-bond donors (Lipinski definition) is 0. The van der Waals surface area contributed by atoms with E-state index in [1.165, 1.54) is 51.9 Å². The van der Waals surface area contributed by atoms with Crippen LogP contribution in [0.5, 0.6) is 0 Å². The Morgan fingerprint density at radius 3 is 2.10 bits per heavy atom. The lowest BCUT2D eigenvalue weighted by molar-refractivity contribution is -0.141. The highest BCUT2D eigenvalue weighted by atomic mass is 16.5. The van der Waals surface area contributed by atoms with Crippen molar-refractivity contribution in [3.63, 3.8) is 0 Å². The average Bonchev–Trinajstić information content (AvgIpc) is 2.43. The minimum Gasteiger partial charge on any atom is -0.466 e. The fourth-order valence-corrected chi connectivity index (χ4v) is 1.88. The first-order valence-corrected chi connectivity index (χ1v) is 7.85. The Morgan fingerprint density at radius 1 is 0.850 bits per heavy atom. The molecule has 0 N–H and O–H groups in total. The van der Waals surface area contributed by atoms with Gasteiger partial charge in [0.15, 0.2) is 0 Å². The largest absolute Gasteiger partial charge is 0.466 e. The van der Waals surface area contributed by atoms with Gasteiger partial charge in [0, 0.05) is 6.92 Å². The van der Waals surface area contributed by atoms with Gasteiger partial charge in [-0.15, -0.1) is 0 Å². The molecule has 0 saturated heterocycles. The van der Waals surface area contributed by atoms with Gasteiger partial charge in [-0.1, -0.05) is 68.6 Å². The molecule has 0 aliphatic heterocycles. The second kappa shape index (κ2) is 15.7. The third-order valence-electron chi connectivity index (χ3n) is 2.98. The van der Waals surface area contributed by atoms with E-state index in [1.54, 1.807) is 0 Å². The maximum atomic E-state index is 10.5. The van der Waals surface area contributed by atoms with Crippen LogP contribution in [0.15, 0.2) is 36.5 Å². The lowest BCUT2D eigenvalue weighted by atomic mass is 10.1. The van der Waals surface area contributed by atoms with Gasteiger partial charge in [0.05, 0.1) is 6.61 Å². The van der Waals surface area contributed by atoms with Crippen molar-refractivity contribution in [3.8, 4) is 0 Å². The summed E-state index contributed by atoms with van der Waals surface area (Å²) in [6.45, 7) is 4.07. The molecule has 114 valence electrons. The highest BCUT2D eigenvalue weighted by molar-refractivity contribution is 5.65. The molecule has 0 spiro atoms. The molecule has 2 heteroatoms. The topological polar surface area (TPSA) is 26.3 Å². The van der Waals surface area contributed by atoms with Crippen molar-refractivity contribution in [2.45, 2.75) is 65.2 Å². The Morgan fingerprint density at radius 2 is 1.45 bits per heavy atom. The summed E-state index contributed by atoms with van der Waals surface area (Å²) in [7, 11) is 0. The SMILES string of the molecule is C\C=C/C=C\C=C\CCCCCCCCCOC(C)=O. The van der Waals surface area contributed by atoms with Crippen molar-refractivity contribution in [1.29, 1.82) is 0 Å². The highest BCUT2D eigenvalue weighted by Crippen LogP contribution is 2.09. The Labute approximate surface area is 124 Å². The van der Waals surface area contributed by atoms with Gasteiger partial charge in [-0.3, -0.25) is 4.79 Å². The molecular weight excluding hydrogens is 248 g/mol. The van der Waals surface area contributed by atoms with Crippen LogP contribution in [0.4, 0.5) is 0 Å². The average molecular weight is 278 g/mol. The molecule has 20 heavy (non-hydrogen) atoms. The molecule has 0 unspecified atom stereocenters. The number of ether oxygens (including phenoxy) is 1. The summed E-state index contributed by atoms with van der Waals surface area (Å²) >= 11 is 0. The van der Waals surface area contributed by atoms with E-state index in [4.69, 9.17) is 4.74 Å². The second-order valence-corrected chi connectivity index (χ2v) is 4.94. The van der Waals surface area contributed by atoms with Gasteiger partial charge in [0.1, 0.15) is 0 Å². The molecule has 0 heterocycles. The monoisotopic (exact) mass is 278 g/mol. The Balaban J connectivity index is 3.15. The molecule has 0 aromatic carbocycles. The summed E-state index contributed by atoms with van der Waals surface area (Å²) in [5.41, 5.74) is 0. The van der Waals surface area contributed by atoms with E-state index in [0.29, 0.717) is 6.61 Å². The predicted molar refractivity (Wildman–Crippen MR) is 86.7 cm³/mol. The van der Waals surface area contributed by atoms with Crippen LogP contribution in [-0.2, 0) is 9.53 Å². The quantitative estimate of drug-likeness (QED) is 0.273. The van der Waals surface area contributed by atoms with Crippen molar-refractivity contribution in [2.75, 3.05) is 6.61 Å². The molecule has 0 atom stereocenters. The van der Waals surface area contributed by atoms with E-state index >= 15 is 0 Å². The summed E-state index contributed by atoms with van der Waals surface area (Å²) in [6, 6.07) is 0. The molecule has 0 aliphatic carbocycles. The van der Waals surface area contributed by atoms with E-state index in [9.17, 15) is 4.79 Å². The van der Waals surface area contributed by atoms with Gasteiger partial charge < -0.3 is 4.74 Å². The molecule has 0 rings (SSSR count). The molecule has 0 aromatic rings. The van der Waals surface area contributed by atoms with Gasteiger partial charge >= 0.3 is 5.97 Å². The van der Waals surface area contributed by atoms with Gasteiger partial charge in [-0.2, -0.15) is 0 Å². The normalized spacial score (nSPS) is 11.9. The first kappa shape index (κ1) is 18.7. The molecule has 0 aliphatic rings. The lowest BCUT2D eigenvalue weighted by Gasteiger charge is -2.02. The number of carbonyl (C=O) groups is 1. The number of unbranched alkanes of at least 4 members (excludes halogenated alkanes) is 7. The number of rotatable bonds is 12. The number of hydrogen-bond acceptors (Lipinski definition) is 2. The summed E-state index contributed by atoms with van der Waals surface area (Å²) in [5, 5.41) is 0. The van der Waals surface area contributed by atoms with E-state index in [-0.39, 0.29) is 5.97 Å². The number of esters is 1. The molecule has 0 radical (unpaired) electrons. The number of allylic oxidation sites excluding steroid dienone is 6. The molecular formula is C18H30O2. The smallest absolute Gasteiger partial charge is 0.302 e. The Bertz CT molecular complexity index is 301. The summed E-state index contributed by atoms with van der Waals surface area (Å²) in [5.74, 6) is -0.168. The van der Waals surface area contributed by atoms with Crippen molar-refractivity contribution < 1.29 is 9.53 Å². The zero-order valence-corrected chi connectivity index (χ0v) is 13.1. The van der Waals surface area contributed by atoms with Crippen LogP contribution in [-0.4, -0.2) is 12.6 Å². The van der Waals surface area contributed by atoms with Crippen molar-refractivity contribution >= 4 is 5.97 Å². The van der Waals surface area contributed by atoms with E-state index < -0.39 is 0 Å². The lowest BCUT2D eigenvalue weighted by Crippen LogP contribution is -1.99. The van der Waals surface area contributed by atoms with Crippen LogP contribution in [0.3, 0.4) is 0 Å². The van der Waals surface area contributed by atoms with Crippen LogP contribution < -0.4 is 0 Å². The first-order chi connectivity index (χ1) is 9.77. The second-order valence-electron chi connectivity index (χ2n) is 4.94. The van der Waals surface area contributed by atoms with Crippen LogP contribution >= 0.6 is 0 Å². The third kappa shape index (κ3) is 16.7. The van der Waals surface area contributed by atoms with E-state index in [2.05, 4.69) is 18.2 Å². The zero-order chi connectivity index (χ0) is 14.9. The fourth-order valence-electron chi connectivity index (χ4n) is 1.88. The highest BCUT2D eigenvalue weighted by Gasteiger charge is 1.94. The van der Waals surface area contributed by atoms with Crippen LogP contribution in [0.25, 0.3) is 0 Å². The Kier molecular flexibility index (Phi) is 14.7. The molecule has 2 nitrogen and oxygen atoms in total. The minimum absolute atomic E-state index is 0.168. The summed E-state index contributed by atoms with van der Waals surface area (Å²) in [4.78, 5) is 10.5. The van der Waals surface area contributed by atoms with Gasteiger partial charge in [-0.05, 0) is 26.2 Å². The predicted octanol–water partition coefficient (Wildman–Crippen LogP) is 5.36. The number of carbonyl (C=O) groups excluding carboxylic acids is 1. The van der Waals surface area contributed by atoms with Gasteiger partial charge in [0.2, 0.25) is 0 Å². The van der Waals surface area contributed by atoms with E-state index in [0.717, 1.165) is 6.42 Å². The molecule has 0 bridgehead atoms. The summed E-state index contributed by atoms with van der Waals surface area (Å²) < 4.78 is 4.89. The van der Waals surface area contributed by atoms with Crippen LogP contribution in [0, 0.1) is 0 Å². The fraction of sp³-hybridized carbons (Fsp3) is 0.611. The van der Waals surface area contributed by atoms with Crippen LogP contribution in [0.1, 0.15) is 65.2 Å². The molecule has 0 fully saturated rings. The maximum absolute atomic E-state index is 10.5. The summed E-state index contributed by atoms with van der Waals surface area (Å²) in [6.07, 6.45) is 22.3. The standard InChI is InChI=1S/C18H30O2/c1-3-4-5-6-7-8-9-10-11-12-13-14-15-16-17-20-18(2)19/h3-8H,9-17H2,1-2H3/b4-3-,6-5-,8-7+. The zero-order valence-electron chi connectivity index (χ0n) is 13.1. The van der Waals surface area contributed by atoms with Crippen molar-refractivity contribution in [3.05, 3.63) is 36.5 Å². The molecule has 0 saturated carbocycles. The minimum atomic E-state index is -0.168. The Hall–Kier alpha value is -1.31.